The van der Waals surface area contributed by atoms with E-state index in [1.165, 1.54) is 12.1 Å². The van der Waals surface area contributed by atoms with Crippen molar-refractivity contribution >= 4 is 0 Å². The number of aliphatic hydroxyl groups is 1. The summed E-state index contributed by atoms with van der Waals surface area (Å²) in [4.78, 5) is 0. The van der Waals surface area contributed by atoms with Gasteiger partial charge in [-0.25, -0.2) is 0 Å². The summed E-state index contributed by atoms with van der Waals surface area (Å²) in [6.07, 6.45) is -1.25. The Morgan fingerprint density at radius 2 is 1.86 bits per heavy atom. The molecule has 0 saturated carbocycles. The number of hydrogen-bond donors (Lipinski definition) is 2. The Balaban J connectivity index is 2.05. The molecule has 1 aromatic rings. The van der Waals surface area contributed by atoms with E-state index >= 15 is 0 Å². The Morgan fingerprint density at radius 1 is 1.23 bits per heavy atom. The summed E-state index contributed by atoms with van der Waals surface area (Å²) in [7, 11) is 0. The quantitative estimate of drug-likeness (QED) is 0.838. The van der Waals surface area contributed by atoms with Crippen molar-refractivity contribution in [2.45, 2.75) is 56.0 Å². The van der Waals surface area contributed by atoms with E-state index in [0.717, 1.165) is 25.3 Å². The molecule has 0 spiro atoms. The largest absolute Gasteiger partial charge is 0.416 e. The Hall–Kier alpha value is -1.58. The van der Waals surface area contributed by atoms with Gasteiger partial charge in [0.05, 0.1) is 22.8 Å². The molecular weight excluding hydrogens is 293 g/mol. The van der Waals surface area contributed by atoms with Crippen molar-refractivity contribution in [3.8, 4) is 6.07 Å². The summed E-state index contributed by atoms with van der Waals surface area (Å²) >= 11 is 0. The molecule has 6 heteroatoms. The number of hydrogen-bond acceptors (Lipinski definition) is 3. The van der Waals surface area contributed by atoms with E-state index in [1.54, 1.807) is 6.07 Å². The van der Waals surface area contributed by atoms with Gasteiger partial charge in [0.1, 0.15) is 0 Å². The van der Waals surface area contributed by atoms with Gasteiger partial charge in [-0.05, 0) is 43.4 Å². The third kappa shape index (κ3) is 2.71. The minimum Gasteiger partial charge on any atom is -0.385 e. The number of piperidine rings is 2. The highest BCUT2D eigenvalue weighted by Gasteiger charge is 2.46. The van der Waals surface area contributed by atoms with E-state index in [2.05, 4.69) is 5.32 Å². The van der Waals surface area contributed by atoms with Crippen LogP contribution in [0.4, 0.5) is 13.2 Å². The molecule has 2 N–H and O–H groups in total. The number of fused-ring (bicyclic) bond motifs is 2. The third-order valence-corrected chi connectivity index (χ3v) is 4.70. The van der Waals surface area contributed by atoms with E-state index in [1.807, 2.05) is 0 Å². The predicted octanol–water partition coefficient (Wildman–Crippen LogP) is 3.07. The fraction of sp³-hybridized carbons (Fsp3) is 0.562. The van der Waals surface area contributed by atoms with Crippen molar-refractivity contribution in [2.24, 2.45) is 0 Å². The van der Waals surface area contributed by atoms with Crippen molar-refractivity contribution in [2.75, 3.05) is 0 Å². The maximum Gasteiger partial charge on any atom is 0.416 e. The van der Waals surface area contributed by atoms with Crippen LogP contribution >= 0.6 is 0 Å². The zero-order valence-corrected chi connectivity index (χ0v) is 12.0. The topological polar surface area (TPSA) is 56.0 Å². The Kier molecular flexibility index (Phi) is 3.66. The molecule has 2 fully saturated rings. The van der Waals surface area contributed by atoms with Crippen molar-refractivity contribution in [1.29, 1.82) is 5.26 Å². The third-order valence-electron chi connectivity index (χ3n) is 4.70. The molecule has 0 aromatic heterocycles. The number of nitrogens with one attached hydrogen (secondary N) is 1. The lowest BCUT2D eigenvalue weighted by Gasteiger charge is -2.46. The van der Waals surface area contributed by atoms with Gasteiger partial charge in [0, 0.05) is 12.1 Å². The molecule has 0 aliphatic carbocycles. The molecule has 118 valence electrons. The van der Waals surface area contributed by atoms with Crippen LogP contribution in [0.5, 0.6) is 0 Å². The summed E-state index contributed by atoms with van der Waals surface area (Å²) in [5.41, 5.74) is -2.53. The van der Waals surface area contributed by atoms with Crippen molar-refractivity contribution in [3.63, 3.8) is 0 Å². The summed E-state index contributed by atoms with van der Waals surface area (Å²) in [6, 6.07) is 5.28. The first kappa shape index (κ1) is 15.3. The molecule has 22 heavy (non-hydrogen) atoms. The summed E-state index contributed by atoms with van der Waals surface area (Å²) < 4.78 is 40.0. The van der Waals surface area contributed by atoms with Gasteiger partial charge in [0.2, 0.25) is 0 Å². The second kappa shape index (κ2) is 5.25. The van der Waals surface area contributed by atoms with Gasteiger partial charge in [-0.3, -0.25) is 0 Å². The van der Waals surface area contributed by atoms with Crippen molar-refractivity contribution < 1.29 is 18.3 Å². The second-order valence-corrected chi connectivity index (χ2v) is 6.30. The smallest absolute Gasteiger partial charge is 0.385 e. The molecule has 1 aromatic carbocycles. The first-order chi connectivity index (χ1) is 10.3. The molecule has 3 rings (SSSR count). The monoisotopic (exact) mass is 310 g/mol. The maximum absolute atomic E-state index is 13.3. The lowest BCUT2D eigenvalue weighted by Crippen LogP contribution is -2.54. The van der Waals surface area contributed by atoms with Crippen LogP contribution in [0, 0.1) is 11.3 Å². The van der Waals surface area contributed by atoms with Crippen LogP contribution in [0.3, 0.4) is 0 Å². The molecule has 3 nitrogen and oxygen atoms in total. The predicted molar refractivity (Wildman–Crippen MR) is 73.9 cm³/mol. The molecule has 2 saturated heterocycles. The normalized spacial score (nSPS) is 31.6. The standard InChI is InChI=1S/C16H17F3N2O/c17-16(18,19)14-6-10(9-20)4-5-13(14)15(22)7-11-2-1-3-12(8-15)21-11/h4-6,11-12,21-22H,1-3,7-8H2. The maximum atomic E-state index is 13.3. The van der Waals surface area contributed by atoms with E-state index in [4.69, 9.17) is 5.26 Å². The Bertz CT molecular complexity index is 609. The van der Waals surface area contributed by atoms with Crippen molar-refractivity contribution in [1.82, 2.24) is 5.32 Å². The summed E-state index contributed by atoms with van der Waals surface area (Å²) in [6.45, 7) is 0. The van der Waals surface area contributed by atoms with E-state index in [-0.39, 0.29) is 36.1 Å². The summed E-state index contributed by atoms with van der Waals surface area (Å²) in [5, 5.41) is 23.1. The number of alkyl halides is 3. The fourth-order valence-electron chi connectivity index (χ4n) is 3.81. The van der Waals surface area contributed by atoms with Crippen LogP contribution in [0.15, 0.2) is 18.2 Å². The number of rotatable bonds is 1. The van der Waals surface area contributed by atoms with E-state index < -0.39 is 17.3 Å². The summed E-state index contributed by atoms with van der Waals surface area (Å²) in [5.74, 6) is 0. The number of halogens is 3. The van der Waals surface area contributed by atoms with Gasteiger partial charge in [-0.1, -0.05) is 12.5 Å². The van der Waals surface area contributed by atoms with Gasteiger partial charge >= 0.3 is 6.18 Å². The second-order valence-electron chi connectivity index (χ2n) is 6.30. The molecule has 2 heterocycles. The van der Waals surface area contributed by atoms with Crippen LogP contribution in [0.25, 0.3) is 0 Å². The fourth-order valence-corrected chi connectivity index (χ4v) is 3.81. The van der Waals surface area contributed by atoms with Gasteiger partial charge in [0.15, 0.2) is 0 Å². The Morgan fingerprint density at radius 3 is 2.41 bits per heavy atom. The molecule has 2 unspecified atom stereocenters. The van der Waals surface area contributed by atoms with Crippen LogP contribution in [0.2, 0.25) is 0 Å². The minimum atomic E-state index is -4.59. The van der Waals surface area contributed by atoms with Crippen LogP contribution in [-0.2, 0) is 11.8 Å². The molecule has 0 amide bonds. The molecule has 0 radical (unpaired) electrons. The molecule has 2 aliphatic rings. The lowest BCUT2D eigenvalue weighted by atomic mass is 9.72. The van der Waals surface area contributed by atoms with Gasteiger partial charge < -0.3 is 10.4 Å². The lowest BCUT2D eigenvalue weighted by molar-refractivity contribution is -0.142. The highest BCUT2D eigenvalue weighted by atomic mass is 19.4. The Labute approximate surface area is 126 Å². The number of nitrogens with zero attached hydrogens (tertiary/aromatic N) is 1. The van der Waals surface area contributed by atoms with Gasteiger partial charge in [0.25, 0.3) is 0 Å². The molecule has 2 bridgehead atoms. The van der Waals surface area contributed by atoms with Crippen molar-refractivity contribution in [3.05, 3.63) is 34.9 Å². The highest BCUT2D eigenvalue weighted by Crippen LogP contribution is 2.44. The SMILES string of the molecule is N#Cc1ccc(C2(O)CC3CCCC(C2)N3)c(C(F)(F)F)c1. The van der Waals surface area contributed by atoms with E-state index in [9.17, 15) is 18.3 Å². The molecular formula is C16H17F3N2O. The van der Waals surface area contributed by atoms with Crippen LogP contribution in [0.1, 0.15) is 48.8 Å². The van der Waals surface area contributed by atoms with Crippen LogP contribution < -0.4 is 5.32 Å². The minimum absolute atomic E-state index is 0.0474. The average molecular weight is 310 g/mol. The zero-order valence-electron chi connectivity index (χ0n) is 12.0. The first-order valence-electron chi connectivity index (χ1n) is 7.42. The average Bonchev–Trinajstić information content (AvgIpc) is 2.45. The van der Waals surface area contributed by atoms with Crippen LogP contribution in [-0.4, -0.2) is 17.2 Å². The van der Waals surface area contributed by atoms with Gasteiger partial charge in [-0.2, -0.15) is 18.4 Å². The zero-order chi connectivity index (χ0) is 16.0. The van der Waals surface area contributed by atoms with Gasteiger partial charge in [-0.15, -0.1) is 0 Å². The number of benzene rings is 1. The molecule has 2 atom stereocenters. The molecule has 2 aliphatic heterocycles. The highest BCUT2D eigenvalue weighted by molar-refractivity contribution is 5.43. The van der Waals surface area contributed by atoms with E-state index in [0.29, 0.717) is 0 Å². The first-order valence-corrected chi connectivity index (χ1v) is 7.42. The number of nitriles is 1.